The van der Waals surface area contributed by atoms with Crippen LogP contribution in [-0.4, -0.2) is 53.4 Å². The standard InChI is InChI=1S/C18H26N2O4/c1-20(2)10-6-9-19-17-8-7-14(24-17)13-11-15(21-3)18(23-5)16(12-13)22-4/h7-8,11-12,19H,6,9-10H2,1-5H3. The van der Waals surface area contributed by atoms with Crippen LogP contribution in [0.1, 0.15) is 6.42 Å². The molecule has 0 saturated carbocycles. The van der Waals surface area contributed by atoms with Gasteiger partial charge in [0.15, 0.2) is 17.4 Å². The van der Waals surface area contributed by atoms with Gasteiger partial charge >= 0.3 is 0 Å². The molecule has 0 aliphatic rings. The highest BCUT2D eigenvalue weighted by Crippen LogP contribution is 2.41. The average molecular weight is 334 g/mol. The molecule has 1 N–H and O–H groups in total. The van der Waals surface area contributed by atoms with Crippen molar-refractivity contribution in [3.63, 3.8) is 0 Å². The highest BCUT2D eigenvalue weighted by atomic mass is 16.5. The molecule has 0 atom stereocenters. The second kappa shape index (κ2) is 8.49. The lowest BCUT2D eigenvalue weighted by molar-refractivity contribution is 0.324. The molecular formula is C18H26N2O4. The summed E-state index contributed by atoms with van der Waals surface area (Å²) in [5.41, 5.74) is 0.867. The van der Waals surface area contributed by atoms with Gasteiger partial charge in [-0.25, -0.2) is 0 Å². The first kappa shape index (κ1) is 18.0. The number of nitrogens with one attached hydrogen (secondary N) is 1. The molecular weight excluding hydrogens is 308 g/mol. The number of hydrogen-bond acceptors (Lipinski definition) is 6. The Labute approximate surface area is 143 Å². The third-order valence-corrected chi connectivity index (χ3v) is 3.64. The molecule has 2 rings (SSSR count). The molecule has 0 aliphatic heterocycles. The zero-order chi connectivity index (χ0) is 17.5. The molecule has 0 spiro atoms. The Morgan fingerprint density at radius 2 is 1.67 bits per heavy atom. The highest BCUT2D eigenvalue weighted by Gasteiger charge is 2.15. The minimum atomic E-state index is 0.567. The molecule has 2 aromatic rings. The van der Waals surface area contributed by atoms with Gasteiger partial charge in [-0.1, -0.05) is 0 Å². The summed E-state index contributed by atoms with van der Waals surface area (Å²) in [5.74, 6) is 3.26. The molecule has 6 nitrogen and oxygen atoms in total. The first-order chi connectivity index (χ1) is 11.6. The summed E-state index contributed by atoms with van der Waals surface area (Å²) >= 11 is 0. The number of rotatable bonds is 9. The van der Waals surface area contributed by atoms with Crippen LogP contribution in [0.4, 0.5) is 5.88 Å². The van der Waals surface area contributed by atoms with E-state index in [1.54, 1.807) is 21.3 Å². The van der Waals surface area contributed by atoms with Gasteiger partial charge in [0.05, 0.1) is 21.3 Å². The molecule has 0 bridgehead atoms. The number of methoxy groups -OCH3 is 3. The Hall–Kier alpha value is -2.34. The Kier molecular flexibility index (Phi) is 6.37. The van der Waals surface area contributed by atoms with Crippen LogP contribution in [0.2, 0.25) is 0 Å². The summed E-state index contributed by atoms with van der Waals surface area (Å²) in [6, 6.07) is 7.59. The van der Waals surface area contributed by atoms with Gasteiger partial charge in [-0.15, -0.1) is 0 Å². The van der Waals surface area contributed by atoms with Gasteiger partial charge in [-0.2, -0.15) is 0 Å². The number of nitrogens with zero attached hydrogens (tertiary/aromatic N) is 1. The van der Waals surface area contributed by atoms with Crippen LogP contribution in [-0.2, 0) is 0 Å². The molecule has 1 heterocycles. The smallest absolute Gasteiger partial charge is 0.203 e. The molecule has 132 valence electrons. The first-order valence-electron chi connectivity index (χ1n) is 7.87. The Morgan fingerprint density at radius 3 is 2.21 bits per heavy atom. The van der Waals surface area contributed by atoms with Crippen LogP contribution in [0.3, 0.4) is 0 Å². The first-order valence-corrected chi connectivity index (χ1v) is 7.87. The third kappa shape index (κ3) is 4.35. The van der Waals surface area contributed by atoms with Crippen molar-refractivity contribution in [2.45, 2.75) is 6.42 Å². The van der Waals surface area contributed by atoms with E-state index in [0.717, 1.165) is 36.7 Å². The van der Waals surface area contributed by atoms with E-state index in [9.17, 15) is 0 Å². The van der Waals surface area contributed by atoms with Gasteiger partial charge in [-0.3, -0.25) is 0 Å². The van der Waals surface area contributed by atoms with Crippen LogP contribution in [0.15, 0.2) is 28.7 Å². The quantitative estimate of drug-likeness (QED) is 0.710. The Morgan fingerprint density at radius 1 is 1.00 bits per heavy atom. The molecule has 6 heteroatoms. The summed E-state index contributed by atoms with van der Waals surface area (Å²) in [7, 11) is 8.91. The lowest BCUT2D eigenvalue weighted by atomic mass is 10.1. The van der Waals surface area contributed by atoms with Crippen molar-refractivity contribution in [2.24, 2.45) is 0 Å². The fourth-order valence-electron chi connectivity index (χ4n) is 2.42. The predicted octanol–water partition coefficient (Wildman–Crippen LogP) is 3.34. The normalized spacial score (nSPS) is 10.8. The fraction of sp³-hybridized carbons (Fsp3) is 0.444. The molecule has 0 fully saturated rings. The van der Waals surface area contributed by atoms with E-state index in [1.165, 1.54) is 0 Å². The number of benzene rings is 1. The predicted molar refractivity (Wildman–Crippen MR) is 95.5 cm³/mol. The van der Waals surface area contributed by atoms with E-state index >= 15 is 0 Å². The van der Waals surface area contributed by atoms with Gasteiger partial charge in [-0.05, 0) is 45.3 Å². The topological polar surface area (TPSA) is 56.1 Å². The van der Waals surface area contributed by atoms with Crippen molar-refractivity contribution in [1.29, 1.82) is 0 Å². The maximum Gasteiger partial charge on any atom is 0.203 e. The van der Waals surface area contributed by atoms with Gasteiger partial charge in [0, 0.05) is 18.2 Å². The van der Waals surface area contributed by atoms with E-state index < -0.39 is 0 Å². The summed E-state index contributed by atoms with van der Waals surface area (Å²) in [4.78, 5) is 2.16. The van der Waals surface area contributed by atoms with Gasteiger partial charge in [0.1, 0.15) is 5.76 Å². The number of ether oxygens (including phenoxy) is 3. The monoisotopic (exact) mass is 334 g/mol. The Bertz CT molecular complexity index is 627. The average Bonchev–Trinajstić information content (AvgIpc) is 3.06. The van der Waals surface area contributed by atoms with Crippen molar-refractivity contribution >= 4 is 5.88 Å². The fourth-order valence-corrected chi connectivity index (χ4v) is 2.42. The second-order valence-corrected chi connectivity index (χ2v) is 5.66. The molecule has 1 aromatic carbocycles. The summed E-state index contributed by atoms with van der Waals surface area (Å²) in [6.07, 6.45) is 1.05. The molecule has 0 unspecified atom stereocenters. The van der Waals surface area contributed by atoms with Crippen LogP contribution in [0.5, 0.6) is 17.2 Å². The van der Waals surface area contributed by atoms with Crippen molar-refractivity contribution in [2.75, 3.05) is 53.8 Å². The minimum Gasteiger partial charge on any atom is -0.493 e. The van der Waals surface area contributed by atoms with E-state index in [4.69, 9.17) is 18.6 Å². The zero-order valence-electron chi connectivity index (χ0n) is 15.0. The van der Waals surface area contributed by atoms with E-state index in [-0.39, 0.29) is 0 Å². The Balaban J connectivity index is 2.14. The van der Waals surface area contributed by atoms with Gasteiger partial charge in [0.2, 0.25) is 5.75 Å². The number of furan rings is 1. The molecule has 1 aromatic heterocycles. The van der Waals surface area contributed by atoms with E-state index in [0.29, 0.717) is 17.2 Å². The minimum absolute atomic E-state index is 0.567. The highest BCUT2D eigenvalue weighted by molar-refractivity contribution is 5.68. The van der Waals surface area contributed by atoms with Crippen molar-refractivity contribution < 1.29 is 18.6 Å². The van der Waals surface area contributed by atoms with Gasteiger partial charge in [0.25, 0.3) is 0 Å². The summed E-state index contributed by atoms with van der Waals surface area (Å²) < 4.78 is 22.0. The summed E-state index contributed by atoms with van der Waals surface area (Å²) in [6.45, 7) is 1.90. The van der Waals surface area contributed by atoms with Gasteiger partial charge < -0.3 is 28.8 Å². The largest absolute Gasteiger partial charge is 0.493 e. The molecule has 0 aliphatic carbocycles. The molecule has 0 saturated heterocycles. The van der Waals surface area contributed by atoms with Crippen molar-refractivity contribution in [1.82, 2.24) is 4.90 Å². The maximum atomic E-state index is 5.87. The van der Waals surface area contributed by atoms with Crippen LogP contribution < -0.4 is 19.5 Å². The molecule has 24 heavy (non-hydrogen) atoms. The van der Waals surface area contributed by atoms with Crippen molar-refractivity contribution in [3.8, 4) is 28.6 Å². The van der Waals surface area contributed by atoms with Crippen LogP contribution >= 0.6 is 0 Å². The lowest BCUT2D eigenvalue weighted by Gasteiger charge is -2.13. The third-order valence-electron chi connectivity index (χ3n) is 3.64. The van der Waals surface area contributed by atoms with Crippen molar-refractivity contribution in [3.05, 3.63) is 24.3 Å². The second-order valence-electron chi connectivity index (χ2n) is 5.66. The molecule has 0 radical (unpaired) electrons. The number of hydrogen-bond donors (Lipinski definition) is 1. The SMILES string of the molecule is COc1cc(-c2ccc(NCCCN(C)C)o2)cc(OC)c1OC. The lowest BCUT2D eigenvalue weighted by Crippen LogP contribution is -2.16. The summed E-state index contributed by atoms with van der Waals surface area (Å²) in [5, 5.41) is 3.29. The van der Waals surface area contributed by atoms with Crippen LogP contribution in [0.25, 0.3) is 11.3 Å². The number of anilines is 1. The van der Waals surface area contributed by atoms with E-state index in [1.807, 2.05) is 24.3 Å². The zero-order valence-corrected chi connectivity index (χ0v) is 15.0. The molecule has 0 amide bonds. The van der Waals surface area contributed by atoms with E-state index in [2.05, 4.69) is 24.3 Å². The maximum absolute atomic E-state index is 5.87. The van der Waals surface area contributed by atoms with Crippen LogP contribution in [0, 0.1) is 0 Å².